The molecule has 0 fully saturated rings. The summed E-state index contributed by atoms with van der Waals surface area (Å²) in [6.45, 7) is 2.08. The molecule has 0 aliphatic heterocycles. The lowest BCUT2D eigenvalue weighted by Gasteiger charge is -2.10. The van der Waals surface area contributed by atoms with E-state index >= 15 is 0 Å². The Labute approximate surface area is 169 Å². The van der Waals surface area contributed by atoms with Crippen LogP contribution in [0.1, 0.15) is 18.3 Å². The van der Waals surface area contributed by atoms with Crippen molar-refractivity contribution >= 4 is 22.8 Å². The fourth-order valence-electron chi connectivity index (χ4n) is 3.32. The number of pyridine rings is 1. The van der Waals surface area contributed by atoms with Crippen molar-refractivity contribution in [3.05, 3.63) is 78.2 Å². The summed E-state index contributed by atoms with van der Waals surface area (Å²) in [4.78, 5) is 21.5. The maximum Gasteiger partial charge on any atom is 0.228 e. The Balaban J connectivity index is 1.52. The monoisotopic (exact) mass is 386 g/mol. The molecule has 0 radical (unpaired) electrons. The van der Waals surface area contributed by atoms with Gasteiger partial charge in [0.2, 0.25) is 5.91 Å². The lowest BCUT2D eigenvalue weighted by Crippen LogP contribution is -2.14. The van der Waals surface area contributed by atoms with Gasteiger partial charge in [-0.05, 0) is 42.0 Å². The van der Waals surface area contributed by atoms with Crippen LogP contribution >= 0.6 is 0 Å². The van der Waals surface area contributed by atoms with Crippen LogP contribution in [0.5, 0.6) is 5.75 Å². The minimum atomic E-state index is -0.0741. The first-order valence-electron chi connectivity index (χ1n) is 9.53. The number of ether oxygens (including phenoxy) is 1. The molecule has 4 rings (SSSR count). The number of imidazole rings is 1. The molecule has 1 N–H and O–H groups in total. The molecular formula is C23H22N4O2. The maximum atomic E-state index is 12.4. The molecule has 2 aromatic carbocycles. The third-order valence-electron chi connectivity index (χ3n) is 4.71. The van der Waals surface area contributed by atoms with Crippen LogP contribution in [0.4, 0.5) is 5.69 Å². The van der Waals surface area contributed by atoms with E-state index in [2.05, 4.69) is 26.8 Å². The molecule has 4 aromatic rings. The largest absolute Gasteiger partial charge is 0.497 e. The van der Waals surface area contributed by atoms with Gasteiger partial charge in [-0.3, -0.25) is 9.36 Å². The predicted molar refractivity (Wildman–Crippen MR) is 114 cm³/mol. The number of amides is 1. The van der Waals surface area contributed by atoms with E-state index in [0.29, 0.717) is 12.2 Å². The molecular weight excluding hydrogens is 364 g/mol. The van der Waals surface area contributed by atoms with Crippen LogP contribution in [0.2, 0.25) is 0 Å². The minimum Gasteiger partial charge on any atom is -0.497 e. The lowest BCUT2D eigenvalue weighted by atomic mass is 10.1. The molecule has 0 saturated carbocycles. The van der Waals surface area contributed by atoms with Crippen molar-refractivity contribution in [3.63, 3.8) is 0 Å². The first kappa shape index (κ1) is 18.7. The molecule has 6 heteroatoms. The van der Waals surface area contributed by atoms with Crippen LogP contribution in [0.25, 0.3) is 16.9 Å². The molecule has 1 amide bonds. The Morgan fingerprint density at radius 2 is 1.93 bits per heavy atom. The number of hydrogen-bond acceptors (Lipinski definition) is 4. The van der Waals surface area contributed by atoms with Gasteiger partial charge in [0.05, 0.1) is 13.5 Å². The highest BCUT2D eigenvalue weighted by molar-refractivity contribution is 5.92. The van der Waals surface area contributed by atoms with Crippen LogP contribution < -0.4 is 10.1 Å². The first-order chi connectivity index (χ1) is 14.2. The number of hydrogen-bond donors (Lipinski definition) is 1. The number of methoxy groups -OCH3 is 1. The van der Waals surface area contributed by atoms with Gasteiger partial charge in [-0.1, -0.05) is 25.1 Å². The van der Waals surface area contributed by atoms with Crippen LogP contribution in [0, 0.1) is 0 Å². The van der Waals surface area contributed by atoms with Gasteiger partial charge in [-0.15, -0.1) is 0 Å². The Kier molecular flexibility index (Phi) is 5.24. The standard InChI is InChI=1S/C23H22N4O2/c1-3-21-26-20-8-5-13-24-23(20)27(21)18-11-9-16(10-12-18)14-22(28)25-17-6-4-7-19(15-17)29-2/h4-13,15H,3,14H2,1-2H3,(H,25,28). The smallest absolute Gasteiger partial charge is 0.228 e. The number of anilines is 1. The van der Waals surface area contributed by atoms with Gasteiger partial charge < -0.3 is 10.1 Å². The summed E-state index contributed by atoms with van der Waals surface area (Å²) in [5.41, 5.74) is 4.36. The second-order valence-electron chi connectivity index (χ2n) is 6.69. The zero-order chi connectivity index (χ0) is 20.2. The molecule has 29 heavy (non-hydrogen) atoms. The zero-order valence-electron chi connectivity index (χ0n) is 16.4. The van der Waals surface area contributed by atoms with E-state index in [1.165, 1.54) is 0 Å². The topological polar surface area (TPSA) is 69.0 Å². The van der Waals surface area contributed by atoms with Gasteiger partial charge in [0.15, 0.2) is 5.65 Å². The van der Waals surface area contributed by atoms with Gasteiger partial charge in [0.1, 0.15) is 17.1 Å². The fourth-order valence-corrected chi connectivity index (χ4v) is 3.32. The molecule has 2 heterocycles. The van der Waals surface area contributed by atoms with Crippen molar-refractivity contribution in [1.82, 2.24) is 14.5 Å². The highest BCUT2D eigenvalue weighted by Gasteiger charge is 2.12. The van der Waals surface area contributed by atoms with E-state index in [9.17, 15) is 4.79 Å². The number of carbonyl (C=O) groups is 1. The Morgan fingerprint density at radius 3 is 2.69 bits per heavy atom. The van der Waals surface area contributed by atoms with Crippen LogP contribution in [0.15, 0.2) is 66.9 Å². The Hall–Kier alpha value is -3.67. The van der Waals surface area contributed by atoms with E-state index in [1.54, 1.807) is 19.4 Å². The summed E-state index contributed by atoms with van der Waals surface area (Å²) in [5.74, 6) is 1.59. The summed E-state index contributed by atoms with van der Waals surface area (Å²) in [6.07, 6.45) is 2.87. The molecule has 0 atom stereocenters. The molecule has 0 aliphatic rings. The second-order valence-corrected chi connectivity index (χ2v) is 6.69. The van der Waals surface area contributed by atoms with Crippen LogP contribution in [-0.4, -0.2) is 27.6 Å². The number of benzene rings is 2. The molecule has 6 nitrogen and oxygen atoms in total. The lowest BCUT2D eigenvalue weighted by molar-refractivity contribution is -0.115. The number of aromatic nitrogens is 3. The summed E-state index contributed by atoms with van der Waals surface area (Å²) < 4.78 is 7.25. The van der Waals surface area contributed by atoms with E-state index in [1.807, 2.05) is 54.6 Å². The third kappa shape index (κ3) is 3.96. The predicted octanol–water partition coefficient (Wildman–Crippen LogP) is 4.17. The fraction of sp³-hybridized carbons (Fsp3) is 0.174. The number of nitrogens with zero attached hydrogens (tertiary/aromatic N) is 3. The van der Waals surface area contributed by atoms with Crippen molar-refractivity contribution in [2.24, 2.45) is 0 Å². The van der Waals surface area contributed by atoms with E-state index in [4.69, 9.17) is 4.74 Å². The number of carbonyl (C=O) groups excluding carboxylic acids is 1. The van der Waals surface area contributed by atoms with Crippen molar-refractivity contribution in [3.8, 4) is 11.4 Å². The molecule has 0 unspecified atom stereocenters. The first-order valence-corrected chi connectivity index (χ1v) is 9.53. The van der Waals surface area contributed by atoms with Gasteiger partial charge in [0, 0.05) is 30.1 Å². The Bertz CT molecular complexity index is 1150. The van der Waals surface area contributed by atoms with E-state index in [0.717, 1.165) is 40.3 Å². The molecule has 0 saturated heterocycles. The van der Waals surface area contributed by atoms with Crippen molar-refractivity contribution in [2.45, 2.75) is 19.8 Å². The molecule has 2 aromatic heterocycles. The molecule has 146 valence electrons. The SMILES string of the molecule is CCc1nc2cccnc2n1-c1ccc(CC(=O)Nc2cccc(OC)c2)cc1. The number of aryl methyl sites for hydroxylation is 1. The summed E-state index contributed by atoms with van der Waals surface area (Å²) in [7, 11) is 1.60. The summed E-state index contributed by atoms with van der Waals surface area (Å²) in [5, 5.41) is 2.91. The van der Waals surface area contributed by atoms with Crippen LogP contribution in [0.3, 0.4) is 0 Å². The highest BCUT2D eigenvalue weighted by atomic mass is 16.5. The number of nitrogens with one attached hydrogen (secondary N) is 1. The van der Waals surface area contributed by atoms with E-state index in [-0.39, 0.29) is 5.91 Å². The normalized spacial score (nSPS) is 10.8. The van der Waals surface area contributed by atoms with Gasteiger partial charge in [-0.25, -0.2) is 9.97 Å². The highest BCUT2D eigenvalue weighted by Crippen LogP contribution is 2.21. The number of fused-ring (bicyclic) bond motifs is 1. The van der Waals surface area contributed by atoms with Crippen molar-refractivity contribution < 1.29 is 9.53 Å². The quantitative estimate of drug-likeness (QED) is 0.540. The zero-order valence-corrected chi connectivity index (χ0v) is 16.4. The van der Waals surface area contributed by atoms with Gasteiger partial charge in [0.25, 0.3) is 0 Å². The van der Waals surface area contributed by atoms with Gasteiger partial charge >= 0.3 is 0 Å². The maximum absolute atomic E-state index is 12.4. The second kappa shape index (κ2) is 8.14. The summed E-state index contributed by atoms with van der Waals surface area (Å²) >= 11 is 0. The average Bonchev–Trinajstić information content (AvgIpc) is 3.13. The van der Waals surface area contributed by atoms with Gasteiger partial charge in [-0.2, -0.15) is 0 Å². The molecule has 0 spiro atoms. The third-order valence-corrected chi connectivity index (χ3v) is 4.71. The molecule has 0 bridgehead atoms. The minimum absolute atomic E-state index is 0.0741. The summed E-state index contributed by atoms with van der Waals surface area (Å²) in [6, 6.07) is 19.1. The van der Waals surface area contributed by atoms with Crippen molar-refractivity contribution in [2.75, 3.05) is 12.4 Å². The van der Waals surface area contributed by atoms with Crippen molar-refractivity contribution in [1.29, 1.82) is 0 Å². The average molecular weight is 386 g/mol. The molecule has 0 aliphatic carbocycles. The van der Waals surface area contributed by atoms with E-state index < -0.39 is 0 Å². The van der Waals surface area contributed by atoms with Crippen LogP contribution in [-0.2, 0) is 17.6 Å². The number of rotatable bonds is 6. The Morgan fingerprint density at radius 1 is 1.10 bits per heavy atom.